The van der Waals surface area contributed by atoms with E-state index in [-0.39, 0.29) is 0 Å². The number of hydrogen-bond donors (Lipinski definition) is 2. The standard InChI is InChI=1S/C13H17N3O/c1-9(2)14-13-8-12(15-16-13)10-4-6-11(17-3)7-5-10/h4-9H,1-3H3,(H2,14,15,16). The largest absolute Gasteiger partial charge is 0.497 e. The molecule has 2 aromatic rings. The minimum absolute atomic E-state index is 0.377. The first-order valence-electron chi connectivity index (χ1n) is 5.65. The first-order valence-corrected chi connectivity index (χ1v) is 5.65. The quantitative estimate of drug-likeness (QED) is 0.850. The predicted octanol–water partition coefficient (Wildman–Crippen LogP) is 2.91. The summed E-state index contributed by atoms with van der Waals surface area (Å²) in [6.45, 7) is 4.17. The van der Waals surface area contributed by atoms with Crippen LogP contribution >= 0.6 is 0 Å². The SMILES string of the molecule is COc1ccc(-c2cc(NC(C)C)n[nH]2)cc1. The molecule has 0 spiro atoms. The van der Waals surface area contributed by atoms with E-state index in [4.69, 9.17) is 4.74 Å². The Hall–Kier alpha value is -1.97. The highest BCUT2D eigenvalue weighted by atomic mass is 16.5. The zero-order valence-electron chi connectivity index (χ0n) is 10.3. The molecule has 2 N–H and O–H groups in total. The number of aromatic nitrogens is 2. The maximum absolute atomic E-state index is 5.12. The van der Waals surface area contributed by atoms with Gasteiger partial charge in [-0.1, -0.05) is 0 Å². The van der Waals surface area contributed by atoms with Crippen molar-refractivity contribution in [3.63, 3.8) is 0 Å². The van der Waals surface area contributed by atoms with Crippen LogP contribution in [0.5, 0.6) is 5.75 Å². The van der Waals surface area contributed by atoms with Gasteiger partial charge in [0.05, 0.1) is 12.8 Å². The van der Waals surface area contributed by atoms with Gasteiger partial charge in [0, 0.05) is 12.1 Å². The summed E-state index contributed by atoms with van der Waals surface area (Å²) in [6.07, 6.45) is 0. The third kappa shape index (κ3) is 2.78. The Labute approximate surface area is 101 Å². The van der Waals surface area contributed by atoms with Crippen LogP contribution in [-0.2, 0) is 0 Å². The van der Waals surface area contributed by atoms with Gasteiger partial charge in [-0.2, -0.15) is 5.10 Å². The molecule has 0 unspecified atom stereocenters. The Morgan fingerprint density at radius 3 is 2.53 bits per heavy atom. The lowest BCUT2D eigenvalue weighted by molar-refractivity contribution is 0.415. The zero-order valence-corrected chi connectivity index (χ0v) is 10.3. The number of hydrogen-bond acceptors (Lipinski definition) is 3. The molecule has 1 heterocycles. The lowest BCUT2D eigenvalue weighted by Gasteiger charge is -2.04. The van der Waals surface area contributed by atoms with Crippen LogP contribution in [-0.4, -0.2) is 23.3 Å². The number of ether oxygens (including phenoxy) is 1. The molecular formula is C13H17N3O. The highest BCUT2D eigenvalue weighted by molar-refractivity contribution is 5.63. The second-order valence-corrected chi connectivity index (χ2v) is 4.19. The lowest BCUT2D eigenvalue weighted by Crippen LogP contribution is -2.09. The molecule has 0 bridgehead atoms. The smallest absolute Gasteiger partial charge is 0.148 e. The van der Waals surface area contributed by atoms with Gasteiger partial charge in [0.15, 0.2) is 0 Å². The number of H-pyrrole nitrogens is 1. The summed E-state index contributed by atoms with van der Waals surface area (Å²) < 4.78 is 5.12. The molecule has 0 radical (unpaired) electrons. The molecule has 4 heteroatoms. The fraction of sp³-hybridized carbons (Fsp3) is 0.308. The summed E-state index contributed by atoms with van der Waals surface area (Å²) in [5.74, 6) is 1.72. The van der Waals surface area contributed by atoms with Crippen LogP contribution in [0.25, 0.3) is 11.3 Å². The number of nitrogens with zero attached hydrogens (tertiary/aromatic N) is 1. The van der Waals surface area contributed by atoms with Crippen molar-refractivity contribution in [2.75, 3.05) is 12.4 Å². The average Bonchev–Trinajstić information content (AvgIpc) is 2.77. The minimum atomic E-state index is 0.377. The molecule has 2 rings (SSSR count). The second-order valence-electron chi connectivity index (χ2n) is 4.19. The van der Waals surface area contributed by atoms with Gasteiger partial charge in [0.2, 0.25) is 0 Å². The van der Waals surface area contributed by atoms with Crippen molar-refractivity contribution in [3.05, 3.63) is 30.3 Å². The molecule has 0 atom stereocenters. The van der Waals surface area contributed by atoms with E-state index in [2.05, 4.69) is 29.4 Å². The van der Waals surface area contributed by atoms with Crippen molar-refractivity contribution in [1.29, 1.82) is 0 Å². The second kappa shape index (κ2) is 4.91. The maximum atomic E-state index is 5.12. The van der Waals surface area contributed by atoms with Crippen molar-refractivity contribution < 1.29 is 4.74 Å². The van der Waals surface area contributed by atoms with Gasteiger partial charge in [0.25, 0.3) is 0 Å². The Balaban J connectivity index is 2.18. The molecule has 1 aromatic heterocycles. The Morgan fingerprint density at radius 1 is 1.24 bits per heavy atom. The maximum Gasteiger partial charge on any atom is 0.148 e. The van der Waals surface area contributed by atoms with Gasteiger partial charge in [-0.15, -0.1) is 0 Å². The van der Waals surface area contributed by atoms with Crippen molar-refractivity contribution in [3.8, 4) is 17.0 Å². The fourth-order valence-electron chi connectivity index (χ4n) is 1.61. The van der Waals surface area contributed by atoms with E-state index in [1.165, 1.54) is 0 Å². The minimum Gasteiger partial charge on any atom is -0.497 e. The van der Waals surface area contributed by atoms with Crippen LogP contribution in [0.4, 0.5) is 5.82 Å². The van der Waals surface area contributed by atoms with Crippen LogP contribution in [0, 0.1) is 0 Å². The number of nitrogens with one attached hydrogen (secondary N) is 2. The van der Waals surface area contributed by atoms with E-state index in [0.717, 1.165) is 22.8 Å². The van der Waals surface area contributed by atoms with Crippen LogP contribution in [0.3, 0.4) is 0 Å². The van der Waals surface area contributed by atoms with Crippen molar-refractivity contribution in [2.24, 2.45) is 0 Å². The van der Waals surface area contributed by atoms with Crippen LogP contribution in [0.15, 0.2) is 30.3 Å². The molecule has 0 saturated heterocycles. The number of anilines is 1. The molecule has 0 aliphatic rings. The van der Waals surface area contributed by atoms with Crippen molar-refractivity contribution in [2.45, 2.75) is 19.9 Å². The highest BCUT2D eigenvalue weighted by Crippen LogP contribution is 2.22. The Kier molecular flexibility index (Phi) is 3.32. The molecule has 0 aliphatic carbocycles. The molecule has 0 fully saturated rings. The zero-order chi connectivity index (χ0) is 12.3. The van der Waals surface area contributed by atoms with Crippen molar-refractivity contribution >= 4 is 5.82 Å². The first-order chi connectivity index (χ1) is 8.19. The van der Waals surface area contributed by atoms with Gasteiger partial charge in [0.1, 0.15) is 11.6 Å². The number of aromatic amines is 1. The number of rotatable bonds is 4. The Morgan fingerprint density at radius 2 is 1.94 bits per heavy atom. The third-order valence-corrected chi connectivity index (χ3v) is 2.42. The third-order valence-electron chi connectivity index (χ3n) is 2.42. The summed E-state index contributed by atoms with van der Waals surface area (Å²) in [6, 6.07) is 10.3. The van der Waals surface area contributed by atoms with E-state index >= 15 is 0 Å². The number of methoxy groups -OCH3 is 1. The van der Waals surface area contributed by atoms with Gasteiger partial charge in [-0.3, -0.25) is 5.10 Å². The van der Waals surface area contributed by atoms with Crippen molar-refractivity contribution in [1.82, 2.24) is 10.2 Å². The van der Waals surface area contributed by atoms with Gasteiger partial charge >= 0.3 is 0 Å². The molecule has 1 aromatic carbocycles. The van der Waals surface area contributed by atoms with Crippen LogP contribution < -0.4 is 10.1 Å². The van der Waals surface area contributed by atoms with E-state index in [0.29, 0.717) is 6.04 Å². The van der Waals surface area contributed by atoms with Crippen LogP contribution in [0.1, 0.15) is 13.8 Å². The van der Waals surface area contributed by atoms with E-state index in [9.17, 15) is 0 Å². The van der Waals surface area contributed by atoms with Gasteiger partial charge in [-0.05, 0) is 43.7 Å². The van der Waals surface area contributed by atoms with Gasteiger partial charge < -0.3 is 10.1 Å². The lowest BCUT2D eigenvalue weighted by atomic mass is 10.1. The monoisotopic (exact) mass is 231 g/mol. The summed E-state index contributed by atoms with van der Waals surface area (Å²) >= 11 is 0. The fourth-order valence-corrected chi connectivity index (χ4v) is 1.61. The van der Waals surface area contributed by atoms with Gasteiger partial charge in [-0.25, -0.2) is 0 Å². The summed E-state index contributed by atoms with van der Waals surface area (Å²) in [5.41, 5.74) is 2.09. The average molecular weight is 231 g/mol. The predicted molar refractivity (Wildman–Crippen MR) is 69.3 cm³/mol. The molecule has 0 saturated carbocycles. The van der Waals surface area contributed by atoms with E-state index in [1.807, 2.05) is 30.3 Å². The summed E-state index contributed by atoms with van der Waals surface area (Å²) in [4.78, 5) is 0. The van der Waals surface area contributed by atoms with Crippen LogP contribution in [0.2, 0.25) is 0 Å². The molecule has 4 nitrogen and oxygen atoms in total. The normalized spacial score (nSPS) is 10.6. The molecule has 0 amide bonds. The van der Waals surface area contributed by atoms with E-state index < -0.39 is 0 Å². The summed E-state index contributed by atoms with van der Waals surface area (Å²) in [5, 5.41) is 10.5. The summed E-state index contributed by atoms with van der Waals surface area (Å²) in [7, 11) is 1.66. The number of benzene rings is 1. The topological polar surface area (TPSA) is 49.9 Å². The highest BCUT2D eigenvalue weighted by Gasteiger charge is 2.04. The Bertz CT molecular complexity index is 474. The molecule has 90 valence electrons. The molecule has 0 aliphatic heterocycles. The van der Waals surface area contributed by atoms with E-state index in [1.54, 1.807) is 7.11 Å². The molecule has 17 heavy (non-hydrogen) atoms. The molecular weight excluding hydrogens is 214 g/mol. The first kappa shape index (κ1) is 11.5.